The van der Waals surface area contributed by atoms with Gasteiger partial charge >= 0.3 is 0 Å². The zero-order chi connectivity index (χ0) is 19.0. The molecule has 0 saturated carbocycles. The number of aliphatic hydroxyl groups excluding tert-OH is 2. The van der Waals surface area contributed by atoms with Crippen LogP contribution in [-0.4, -0.2) is 53.5 Å². The molecule has 1 aliphatic rings. The number of hydrogen-bond donors (Lipinski definition) is 3. The molecule has 3 aromatic rings. The predicted octanol–water partition coefficient (Wildman–Crippen LogP) is 1.12. The van der Waals surface area contributed by atoms with Crippen LogP contribution in [0, 0.1) is 10.1 Å². The van der Waals surface area contributed by atoms with Crippen molar-refractivity contribution in [2.24, 2.45) is 0 Å². The fourth-order valence-corrected chi connectivity index (χ4v) is 3.01. The highest BCUT2D eigenvalue weighted by Crippen LogP contribution is 2.32. The molecular formula is C16H16N6O5. The molecule has 0 bridgehead atoms. The molecule has 1 unspecified atom stereocenters. The van der Waals surface area contributed by atoms with Gasteiger partial charge in [0.15, 0.2) is 17.0 Å². The van der Waals surface area contributed by atoms with Crippen LogP contribution in [0.1, 0.15) is 12.6 Å². The smallest absolute Gasteiger partial charge is 0.269 e. The maximum Gasteiger partial charge on any atom is 0.269 e. The largest absolute Gasteiger partial charge is 0.394 e. The third-order valence-corrected chi connectivity index (χ3v) is 4.39. The summed E-state index contributed by atoms with van der Waals surface area (Å²) in [6, 6.07) is 5.93. The van der Waals surface area contributed by atoms with E-state index in [0.717, 1.165) is 0 Å². The number of anilines is 2. The summed E-state index contributed by atoms with van der Waals surface area (Å²) in [6.07, 6.45) is 1.31. The summed E-state index contributed by atoms with van der Waals surface area (Å²) in [5.41, 5.74) is 1.60. The third kappa shape index (κ3) is 3.18. The molecule has 11 nitrogen and oxygen atoms in total. The van der Waals surface area contributed by atoms with Crippen LogP contribution in [0.2, 0.25) is 0 Å². The summed E-state index contributed by atoms with van der Waals surface area (Å²) in [4.78, 5) is 23.0. The lowest BCUT2D eigenvalue weighted by atomic mass is 10.2. The van der Waals surface area contributed by atoms with E-state index in [9.17, 15) is 20.3 Å². The van der Waals surface area contributed by atoms with Crippen molar-refractivity contribution < 1.29 is 19.9 Å². The van der Waals surface area contributed by atoms with E-state index in [-0.39, 0.29) is 12.3 Å². The highest BCUT2D eigenvalue weighted by molar-refractivity contribution is 5.85. The molecule has 0 amide bonds. The molecule has 27 heavy (non-hydrogen) atoms. The van der Waals surface area contributed by atoms with Gasteiger partial charge in [-0.25, -0.2) is 15.0 Å². The molecule has 1 aliphatic heterocycles. The molecule has 4 rings (SSSR count). The van der Waals surface area contributed by atoms with Crippen molar-refractivity contribution in [1.29, 1.82) is 0 Å². The van der Waals surface area contributed by atoms with Gasteiger partial charge < -0.3 is 20.3 Å². The molecule has 11 heteroatoms. The molecule has 0 aliphatic carbocycles. The molecule has 3 atom stereocenters. The molecule has 0 spiro atoms. The Hall–Kier alpha value is -3.15. The number of nitrogens with zero attached hydrogens (tertiary/aromatic N) is 5. The average Bonchev–Trinajstić information content (AvgIpc) is 3.26. The number of nitrogens with one attached hydrogen (secondary N) is 1. The van der Waals surface area contributed by atoms with Crippen LogP contribution in [-0.2, 0) is 4.74 Å². The van der Waals surface area contributed by atoms with Crippen LogP contribution < -0.4 is 5.32 Å². The summed E-state index contributed by atoms with van der Waals surface area (Å²) in [7, 11) is 0. The van der Waals surface area contributed by atoms with E-state index in [1.807, 2.05) is 0 Å². The first-order chi connectivity index (χ1) is 13.1. The standard InChI is InChI=1S/C16H16N6O5/c23-6-12-11(24)5-13(27-12)21-8-19-14-15(17-7-18-16(14)21)20-9-1-3-10(4-2-9)22(25)26/h1-4,7-8,11-13,23-24H,5-6H2,(H,17,18,20)/t11-,12+,13?/m0/s1. The number of hydrogen-bond acceptors (Lipinski definition) is 9. The molecule has 1 aromatic carbocycles. The first-order valence-corrected chi connectivity index (χ1v) is 8.20. The second kappa shape index (κ2) is 6.87. The van der Waals surface area contributed by atoms with E-state index in [4.69, 9.17) is 4.74 Å². The van der Waals surface area contributed by atoms with Gasteiger partial charge in [0.05, 0.1) is 24.0 Å². The number of nitro benzene ring substituents is 1. The van der Waals surface area contributed by atoms with Crippen molar-refractivity contribution in [1.82, 2.24) is 19.5 Å². The minimum Gasteiger partial charge on any atom is -0.394 e. The zero-order valence-electron chi connectivity index (χ0n) is 14.0. The highest BCUT2D eigenvalue weighted by atomic mass is 16.6. The first kappa shape index (κ1) is 17.3. The van der Waals surface area contributed by atoms with Gasteiger partial charge in [0, 0.05) is 24.2 Å². The van der Waals surface area contributed by atoms with Gasteiger partial charge in [-0.3, -0.25) is 14.7 Å². The van der Waals surface area contributed by atoms with Gasteiger partial charge in [-0.1, -0.05) is 0 Å². The molecule has 3 heterocycles. The Morgan fingerprint density at radius 2 is 2.07 bits per heavy atom. The molecule has 2 aromatic heterocycles. The Morgan fingerprint density at radius 1 is 1.30 bits per heavy atom. The van der Waals surface area contributed by atoms with Crippen LogP contribution >= 0.6 is 0 Å². The summed E-state index contributed by atoms with van der Waals surface area (Å²) in [6.45, 7) is -0.272. The lowest BCUT2D eigenvalue weighted by molar-refractivity contribution is -0.384. The number of nitro groups is 1. The summed E-state index contributed by atoms with van der Waals surface area (Å²) >= 11 is 0. The predicted molar refractivity (Wildman–Crippen MR) is 93.3 cm³/mol. The fraction of sp³-hybridized carbons (Fsp3) is 0.312. The molecule has 1 saturated heterocycles. The Kier molecular flexibility index (Phi) is 4.39. The highest BCUT2D eigenvalue weighted by Gasteiger charge is 2.35. The van der Waals surface area contributed by atoms with Gasteiger partial charge in [-0.15, -0.1) is 0 Å². The lowest BCUT2D eigenvalue weighted by Gasteiger charge is -2.13. The monoisotopic (exact) mass is 372 g/mol. The summed E-state index contributed by atoms with van der Waals surface area (Å²) in [5, 5.41) is 33.0. The van der Waals surface area contributed by atoms with Gasteiger partial charge in [0.25, 0.3) is 5.69 Å². The van der Waals surface area contributed by atoms with E-state index in [0.29, 0.717) is 29.1 Å². The fourth-order valence-electron chi connectivity index (χ4n) is 3.01. The van der Waals surface area contributed by atoms with E-state index in [2.05, 4.69) is 20.3 Å². The Bertz CT molecular complexity index is 975. The minimum absolute atomic E-state index is 0.00644. The Balaban J connectivity index is 1.62. The van der Waals surface area contributed by atoms with Gasteiger partial charge in [0.2, 0.25) is 0 Å². The van der Waals surface area contributed by atoms with Gasteiger partial charge in [-0.05, 0) is 12.1 Å². The van der Waals surface area contributed by atoms with E-state index >= 15 is 0 Å². The minimum atomic E-state index is -0.767. The van der Waals surface area contributed by atoms with Crippen molar-refractivity contribution in [3.63, 3.8) is 0 Å². The van der Waals surface area contributed by atoms with Crippen molar-refractivity contribution in [2.75, 3.05) is 11.9 Å². The number of rotatable bonds is 5. The quantitative estimate of drug-likeness (QED) is 0.442. The molecular weight excluding hydrogens is 356 g/mol. The van der Waals surface area contributed by atoms with Crippen LogP contribution in [0.25, 0.3) is 11.2 Å². The normalized spacial score (nSPS) is 22.2. The lowest BCUT2D eigenvalue weighted by Crippen LogP contribution is -2.24. The number of ether oxygens (including phenoxy) is 1. The number of benzene rings is 1. The number of non-ortho nitro benzene ring substituents is 1. The summed E-state index contributed by atoms with van der Waals surface area (Å²) in [5.74, 6) is 0.435. The number of fused-ring (bicyclic) bond motifs is 1. The van der Waals surface area contributed by atoms with Gasteiger partial charge in [-0.2, -0.15) is 0 Å². The maximum atomic E-state index is 10.7. The number of aromatic nitrogens is 4. The Morgan fingerprint density at radius 3 is 2.74 bits per heavy atom. The van der Waals surface area contributed by atoms with E-state index in [1.165, 1.54) is 24.8 Å². The van der Waals surface area contributed by atoms with Crippen molar-refractivity contribution in [3.8, 4) is 0 Å². The van der Waals surface area contributed by atoms with E-state index in [1.54, 1.807) is 16.7 Å². The topological polar surface area (TPSA) is 148 Å². The first-order valence-electron chi connectivity index (χ1n) is 8.20. The van der Waals surface area contributed by atoms with Crippen molar-refractivity contribution >= 4 is 28.4 Å². The molecule has 140 valence electrons. The molecule has 1 fully saturated rings. The van der Waals surface area contributed by atoms with Crippen LogP contribution in [0.4, 0.5) is 17.2 Å². The molecule has 0 radical (unpaired) electrons. The van der Waals surface area contributed by atoms with Crippen molar-refractivity contribution in [2.45, 2.75) is 24.9 Å². The Labute approximate surface area is 152 Å². The second-order valence-electron chi connectivity index (χ2n) is 6.09. The third-order valence-electron chi connectivity index (χ3n) is 4.39. The van der Waals surface area contributed by atoms with Crippen molar-refractivity contribution in [3.05, 3.63) is 47.0 Å². The van der Waals surface area contributed by atoms with Crippen LogP contribution in [0.15, 0.2) is 36.9 Å². The maximum absolute atomic E-state index is 10.7. The number of aliphatic hydroxyl groups is 2. The summed E-state index contributed by atoms with van der Waals surface area (Å²) < 4.78 is 7.32. The zero-order valence-corrected chi connectivity index (χ0v) is 14.0. The van der Waals surface area contributed by atoms with Crippen LogP contribution in [0.3, 0.4) is 0 Å². The van der Waals surface area contributed by atoms with Gasteiger partial charge in [0.1, 0.15) is 18.7 Å². The SMILES string of the molecule is O=[N+]([O-])c1ccc(Nc2ncnc3c2ncn3C2C[C@H](O)[C@@H](CO)O2)cc1. The van der Waals surface area contributed by atoms with E-state index < -0.39 is 23.4 Å². The molecule has 3 N–H and O–H groups in total. The van der Waals surface area contributed by atoms with Crippen LogP contribution in [0.5, 0.6) is 0 Å². The number of imidazole rings is 1. The second-order valence-corrected chi connectivity index (χ2v) is 6.09. The average molecular weight is 372 g/mol.